The first-order valence-electron chi connectivity index (χ1n) is 14.5. The summed E-state index contributed by atoms with van der Waals surface area (Å²) in [7, 11) is 6.73. The summed E-state index contributed by atoms with van der Waals surface area (Å²) >= 11 is 0. The van der Waals surface area contributed by atoms with Gasteiger partial charge in [-0.15, -0.1) is 0 Å². The van der Waals surface area contributed by atoms with Crippen LogP contribution in [0.1, 0.15) is 54.4 Å². The lowest BCUT2D eigenvalue weighted by molar-refractivity contribution is -0.0910. The van der Waals surface area contributed by atoms with Gasteiger partial charge in [-0.2, -0.15) is 0 Å². The van der Waals surface area contributed by atoms with E-state index in [4.69, 9.17) is 4.74 Å². The summed E-state index contributed by atoms with van der Waals surface area (Å²) < 4.78 is 5.57. The number of morpholine rings is 1. The topological polar surface area (TPSA) is 28.7 Å². The van der Waals surface area contributed by atoms with Crippen molar-refractivity contribution in [3.05, 3.63) is 0 Å². The third kappa shape index (κ3) is 6.24. The summed E-state index contributed by atoms with van der Waals surface area (Å²) in [6.07, 6.45) is 2.89. The lowest BCUT2D eigenvalue weighted by Gasteiger charge is -2.57. The van der Waals surface area contributed by atoms with E-state index in [1.54, 1.807) is 0 Å². The minimum absolute atomic E-state index is 0.620. The highest BCUT2D eigenvalue weighted by Crippen LogP contribution is 2.33. The molecule has 8 aliphatic rings. The van der Waals surface area contributed by atoms with E-state index in [-0.39, 0.29) is 0 Å². The van der Waals surface area contributed by atoms with Crippen LogP contribution in [-0.4, -0.2) is 157 Å². The van der Waals surface area contributed by atoms with Gasteiger partial charge in [0, 0.05) is 93.6 Å². The van der Waals surface area contributed by atoms with Gasteiger partial charge in [0.25, 0.3) is 0 Å². The van der Waals surface area contributed by atoms with Crippen LogP contribution in [0.25, 0.3) is 0 Å². The molecule has 7 heteroatoms. The quantitative estimate of drug-likeness (QED) is 0.595. The summed E-state index contributed by atoms with van der Waals surface area (Å²) in [4.78, 5) is 15.3. The molecule has 8 saturated heterocycles. The highest BCUT2D eigenvalue weighted by Gasteiger charge is 2.44. The molecule has 0 aromatic heterocycles. The molecule has 0 aromatic rings. The molecule has 6 bridgehead atoms. The van der Waals surface area contributed by atoms with Crippen molar-refractivity contribution >= 4 is 0 Å². The van der Waals surface area contributed by atoms with Crippen molar-refractivity contribution in [1.82, 2.24) is 29.4 Å². The van der Waals surface area contributed by atoms with Crippen molar-refractivity contribution in [2.75, 3.05) is 73.6 Å². The molecular formula is C28H56N6O. The second-order valence-electron chi connectivity index (χ2n) is 13.1. The molecule has 0 saturated carbocycles. The summed E-state index contributed by atoms with van der Waals surface area (Å²) in [6.45, 7) is 23.1. The van der Waals surface area contributed by atoms with Crippen LogP contribution in [0.2, 0.25) is 0 Å². The zero-order chi connectivity index (χ0) is 25.4. The van der Waals surface area contributed by atoms with Gasteiger partial charge in [0.15, 0.2) is 0 Å². The summed E-state index contributed by atoms with van der Waals surface area (Å²) in [5, 5.41) is 0. The fraction of sp³-hybridized carbons (Fsp3) is 1.00. The van der Waals surface area contributed by atoms with Crippen LogP contribution >= 0.6 is 0 Å². The molecule has 8 aliphatic heterocycles. The lowest BCUT2D eigenvalue weighted by Crippen LogP contribution is -2.69. The van der Waals surface area contributed by atoms with Crippen molar-refractivity contribution < 1.29 is 4.74 Å². The molecule has 8 rings (SSSR count). The fourth-order valence-electron chi connectivity index (χ4n) is 7.22. The average Bonchev–Trinajstić information content (AvgIpc) is 2.78. The number of piperazine rings is 3. The predicted octanol–water partition coefficient (Wildman–Crippen LogP) is 1.98. The van der Waals surface area contributed by atoms with Gasteiger partial charge in [-0.05, 0) is 75.5 Å². The van der Waals surface area contributed by atoms with Gasteiger partial charge in [-0.25, -0.2) is 0 Å². The SMILES string of the molecule is CC(C)N1C2CC1CN(C)C2.CC(C)N1CC2CC(C1)N2C.CC(C)N1CC2COCC(C1)N2C. The number of fused-ring (bicyclic) bond motifs is 6. The number of nitrogens with zero attached hydrogens (tertiary/aromatic N) is 6. The van der Waals surface area contributed by atoms with E-state index >= 15 is 0 Å². The van der Waals surface area contributed by atoms with Crippen LogP contribution in [0.3, 0.4) is 0 Å². The van der Waals surface area contributed by atoms with Crippen LogP contribution in [-0.2, 0) is 4.74 Å². The predicted molar refractivity (Wildman–Crippen MR) is 146 cm³/mol. The minimum atomic E-state index is 0.620. The molecule has 0 spiro atoms. The maximum Gasteiger partial charge on any atom is 0.0635 e. The molecule has 0 amide bonds. The first kappa shape index (κ1) is 27.7. The number of likely N-dealkylation sites (N-methyl/N-ethyl adjacent to an activating group) is 3. The molecule has 6 atom stereocenters. The van der Waals surface area contributed by atoms with E-state index in [0.717, 1.165) is 49.5 Å². The lowest BCUT2D eigenvalue weighted by atomic mass is 9.86. The fourth-order valence-corrected chi connectivity index (χ4v) is 7.22. The Balaban J connectivity index is 0.000000124. The van der Waals surface area contributed by atoms with E-state index in [1.807, 2.05) is 0 Å². The minimum Gasteiger partial charge on any atom is -0.378 e. The maximum atomic E-state index is 5.57. The Morgan fingerprint density at radius 1 is 0.514 bits per heavy atom. The van der Waals surface area contributed by atoms with Crippen LogP contribution in [0.5, 0.6) is 0 Å². The van der Waals surface area contributed by atoms with Crippen LogP contribution in [0, 0.1) is 0 Å². The largest absolute Gasteiger partial charge is 0.378 e. The Morgan fingerprint density at radius 3 is 1.31 bits per heavy atom. The Labute approximate surface area is 216 Å². The number of hydrogen-bond acceptors (Lipinski definition) is 7. The number of hydrogen-bond donors (Lipinski definition) is 0. The number of piperidine rings is 2. The molecule has 8 fully saturated rings. The van der Waals surface area contributed by atoms with Crippen molar-refractivity contribution in [3.63, 3.8) is 0 Å². The Bertz CT molecular complexity index is 636. The molecular weight excluding hydrogens is 436 g/mol. The Morgan fingerprint density at radius 2 is 0.914 bits per heavy atom. The molecule has 0 aromatic carbocycles. The third-order valence-electron chi connectivity index (χ3n) is 9.74. The van der Waals surface area contributed by atoms with Crippen molar-refractivity contribution in [2.45, 2.75) is 109 Å². The molecule has 0 N–H and O–H groups in total. The van der Waals surface area contributed by atoms with Crippen LogP contribution in [0.4, 0.5) is 0 Å². The maximum absolute atomic E-state index is 5.57. The second kappa shape index (κ2) is 11.6. The van der Waals surface area contributed by atoms with E-state index < -0.39 is 0 Å². The second-order valence-corrected chi connectivity index (χ2v) is 13.1. The van der Waals surface area contributed by atoms with Crippen LogP contribution < -0.4 is 0 Å². The molecule has 35 heavy (non-hydrogen) atoms. The van der Waals surface area contributed by atoms with E-state index in [9.17, 15) is 0 Å². The first-order valence-corrected chi connectivity index (χ1v) is 14.5. The smallest absolute Gasteiger partial charge is 0.0635 e. The summed E-state index contributed by atoms with van der Waals surface area (Å²) in [6, 6.07) is 6.91. The van der Waals surface area contributed by atoms with Gasteiger partial charge in [0.2, 0.25) is 0 Å². The van der Waals surface area contributed by atoms with E-state index in [1.165, 1.54) is 52.1 Å². The zero-order valence-corrected chi connectivity index (χ0v) is 24.4. The molecule has 204 valence electrons. The standard InChI is InChI=1S/C10H20N2O.2C9H18N2/c1-8(2)12-4-9-6-13-7-10(5-12)11(9)3;1-7(2)11-5-8-4-9(6-11)10(8)3;1-7(2)11-8-4-9(11)6-10(3)5-8/h8-10H,4-7H2,1-3H3;2*7-9H,4-6H2,1-3H3. The van der Waals surface area contributed by atoms with Gasteiger partial charge in [-0.1, -0.05) is 0 Å². The monoisotopic (exact) mass is 492 g/mol. The van der Waals surface area contributed by atoms with Gasteiger partial charge >= 0.3 is 0 Å². The molecule has 6 unspecified atom stereocenters. The zero-order valence-electron chi connectivity index (χ0n) is 24.4. The summed E-state index contributed by atoms with van der Waals surface area (Å²) in [5.74, 6) is 0. The van der Waals surface area contributed by atoms with Crippen molar-refractivity contribution in [3.8, 4) is 0 Å². The Hall–Kier alpha value is -0.280. The molecule has 7 nitrogen and oxygen atoms in total. The average molecular weight is 493 g/mol. The van der Waals surface area contributed by atoms with Crippen molar-refractivity contribution in [2.24, 2.45) is 0 Å². The third-order valence-corrected chi connectivity index (χ3v) is 9.74. The van der Waals surface area contributed by atoms with Gasteiger partial charge in [0.1, 0.15) is 0 Å². The molecule has 8 heterocycles. The van der Waals surface area contributed by atoms with Crippen molar-refractivity contribution in [1.29, 1.82) is 0 Å². The van der Waals surface area contributed by atoms with Gasteiger partial charge in [-0.3, -0.25) is 24.5 Å². The molecule has 0 radical (unpaired) electrons. The summed E-state index contributed by atoms with van der Waals surface area (Å²) in [5.41, 5.74) is 0. The number of rotatable bonds is 3. The Kier molecular flexibility index (Phi) is 9.22. The van der Waals surface area contributed by atoms with Gasteiger partial charge in [0.05, 0.1) is 13.2 Å². The van der Waals surface area contributed by atoms with Gasteiger partial charge < -0.3 is 9.64 Å². The highest BCUT2D eigenvalue weighted by molar-refractivity contribution is 5.01. The van der Waals surface area contributed by atoms with E-state index in [2.05, 4.69) is 92.1 Å². The normalized spacial score (nSPS) is 38.4. The number of ether oxygens (including phenoxy) is 1. The first-order chi connectivity index (χ1) is 16.5. The molecule has 0 aliphatic carbocycles. The van der Waals surface area contributed by atoms with Crippen LogP contribution in [0.15, 0.2) is 0 Å². The highest BCUT2D eigenvalue weighted by atomic mass is 16.5. The van der Waals surface area contributed by atoms with E-state index in [0.29, 0.717) is 18.1 Å².